The Balaban J connectivity index is 0.00000141. The Morgan fingerprint density at radius 3 is 2.45 bits per heavy atom. The van der Waals surface area contributed by atoms with Gasteiger partial charge < -0.3 is 14.6 Å². The summed E-state index contributed by atoms with van der Waals surface area (Å²) in [4.78, 5) is 10.4. The van der Waals surface area contributed by atoms with Gasteiger partial charge in [0.1, 0.15) is 24.0 Å². The number of aryl methyl sites for hydroxylation is 1. The van der Waals surface area contributed by atoms with Gasteiger partial charge >= 0.3 is 0 Å². The summed E-state index contributed by atoms with van der Waals surface area (Å²) in [5.74, 6) is 2.07. The summed E-state index contributed by atoms with van der Waals surface area (Å²) in [5, 5.41) is 0. The number of rotatable bonds is 7. The molecule has 1 N–H and O–H groups in total. The average Bonchev–Trinajstić information content (AvgIpc) is 3.25. The molecular formula is C39H48FN3O. The van der Waals surface area contributed by atoms with E-state index in [0.717, 1.165) is 58.8 Å². The summed E-state index contributed by atoms with van der Waals surface area (Å²) in [5.41, 5.74) is 11.7. The van der Waals surface area contributed by atoms with Gasteiger partial charge in [-0.2, -0.15) is 0 Å². The maximum atomic E-state index is 14.4. The van der Waals surface area contributed by atoms with Crippen LogP contribution in [0.3, 0.4) is 0 Å². The number of imidazole rings is 1. The predicted molar refractivity (Wildman–Crippen MR) is 183 cm³/mol. The molecule has 0 radical (unpaired) electrons. The summed E-state index contributed by atoms with van der Waals surface area (Å²) >= 11 is 0. The fourth-order valence-corrected chi connectivity index (χ4v) is 5.91. The van der Waals surface area contributed by atoms with Gasteiger partial charge in [-0.05, 0) is 104 Å². The zero-order chi connectivity index (χ0) is 32.0. The van der Waals surface area contributed by atoms with E-state index in [1.807, 2.05) is 26.0 Å². The topological polar surface area (TPSA) is 41.1 Å². The van der Waals surface area contributed by atoms with Crippen LogP contribution < -0.4 is 4.74 Å². The monoisotopic (exact) mass is 593 g/mol. The zero-order valence-corrected chi connectivity index (χ0v) is 27.7. The van der Waals surface area contributed by atoms with E-state index in [9.17, 15) is 4.39 Å². The Morgan fingerprint density at radius 1 is 1.07 bits per heavy atom. The molecule has 0 spiro atoms. The van der Waals surface area contributed by atoms with Gasteiger partial charge in [0.05, 0.1) is 17.6 Å². The van der Waals surface area contributed by atoms with Gasteiger partial charge in [-0.3, -0.25) is 0 Å². The van der Waals surface area contributed by atoms with Crippen molar-refractivity contribution in [1.29, 1.82) is 0 Å². The lowest BCUT2D eigenvalue weighted by atomic mass is 9.82. The van der Waals surface area contributed by atoms with Gasteiger partial charge in [0.2, 0.25) is 0 Å². The van der Waals surface area contributed by atoms with E-state index >= 15 is 0 Å². The fraction of sp³-hybridized carbons (Fsp3) is 0.359. The van der Waals surface area contributed by atoms with Gasteiger partial charge in [0, 0.05) is 23.7 Å². The summed E-state index contributed by atoms with van der Waals surface area (Å²) in [6.07, 6.45) is 2.69. The van der Waals surface area contributed by atoms with Crippen LogP contribution in [0.5, 0.6) is 5.75 Å². The third kappa shape index (κ3) is 7.32. The van der Waals surface area contributed by atoms with Crippen LogP contribution in [0.2, 0.25) is 0 Å². The first-order chi connectivity index (χ1) is 21.1. The predicted octanol–water partition coefficient (Wildman–Crippen LogP) is 10.5. The molecule has 4 aromatic rings. The van der Waals surface area contributed by atoms with E-state index in [1.54, 1.807) is 12.1 Å². The number of fused-ring (bicyclic) bond motifs is 2. The maximum Gasteiger partial charge on any atom is 0.124 e. The Morgan fingerprint density at radius 2 is 1.77 bits per heavy atom. The van der Waals surface area contributed by atoms with Gasteiger partial charge in [0.25, 0.3) is 0 Å². The van der Waals surface area contributed by atoms with Crippen molar-refractivity contribution in [3.63, 3.8) is 0 Å². The number of aromatic nitrogens is 2. The van der Waals surface area contributed by atoms with Crippen LogP contribution in [-0.2, 0) is 6.54 Å². The number of allylic oxidation sites excluding steroid dienone is 4. The summed E-state index contributed by atoms with van der Waals surface area (Å²) in [7, 11) is 0. The third-order valence-electron chi connectivity index (χ3n) is 8.55. The van der Waals surface area contributed by atoms with E-state index in [4.69, 9.17) is 4.74 Å². The highest BCUT2D eigenvalue weighted by atomic mass is 19.1. The molecule has 5 heteroatoms. The summed E-state index contributed by atoms with van der Waals surface area (Å²) < 4.78 is 20.7. The van der Waals surface area contributed by atoms with Crippen molar-refractivity contribution in [1.82, 2.24) is 14.9 Å². The number of hydrogen-bond acceptors (Lipinski definition) is 3. The van der Waals surface area contributed by atoms with Crippen LogP contribution in [0.4, 0.5) is 4.39 Å². The first-order valence-corrected chi connectivity index (χ1v) is 15.8. The number of nitrogens with zero attached hydrogens (tertiary/aromatic N) is 2. The lowest BCUT2D eigenvalue weighted by Crippen LogP contribution is -2.29. The molecule has 2 heterocycles. The van der Waals surface area contributed by atoms with Gasteiger partial charge in [-0.1, -0.05) is 63.6 Å². The molecule has 5 rings (SSSR count). The van der Waals surface area contributed by atoms with Gasteiger partial charge in [-0.25, -0.2) is 9.37 Å². The van der Waals surface area contributed by atoms with Crippen molar-refractivity contribution in [3.8, 4) is 16.9 Å². The normalized spacial score (nSPS) is 14.9. The number of ether oxygens (including phenoxy) is 1. The largest absolute Gasteiger partial charge is 0.491 e. The van der Waals surface area contributed by atoms with Crippen LogP contribution in [0.1, 0.15) is 77.8 Å². The highest BCUT2D eigenvalue weighted by molar-refractivity contribution is 5.82. The Hall–Kier alpha value is -4.12. The molecule has 232 valence electrons. The molecule has 0 saturated heterocycles. The Labute approximate surface area is 263 Å². The summed E-state index contributed by atoms with van der Waals surface area (Å²) in [6.45, 7) is 22.8. The van der Waals surface area contributed by atoms with Crippen LogP contribution in [0.25, 0.3) is 22.2 Å². The van der Waals surface area contributed by atoms with E-state index in [2.05, 4.69) is 99.4 Å². The third-order valence-corrected chi connectivity index (χ3v) is 8.55. The van der Waals surface area contributed by atoms with Crippen molar-refractivity contribution in [3.05, 3.63) is 119 Å². The molecule has 0 aliphatic carbocycles. The smallest absolute Gasteiger partial charge is 0.124 e. The highest BCUT2D eigenvalue weighted by Crippen LogP contribution is 2.40. The van der Waals surface area contributed by atoms with E-state index in [-0.39, 0.29) is 11.7 Å². The Kier molecular flexibility index (Phi) is 10.9. The molecule has 0 fully saturated rings. The number of H-pyrrole nitrogens is 1. The zero-order valence-electron chi connectivity index (χ0n) is 27.7. The van der Waals surface area contributed by atoms with Crippen molar-refractivity contribution in [2.75, 3.05) is 13.2 Å². The van der Waals surface area contributed by atoms with Crippen molar-refractivity contribution >= 4 is 11.0 Å². The second-order valence-electron chi connectivity index (χ2n) is 12.1. The number of aromatic amines is 1. The minimum Gasteiger partial charge on any atom is -0.491 e. The van der Waals surface area contributed by atoms with Gasteiger partial charge in [-0.15, -0.1) is 6.58 Å². The average molecular weight is 594 g/mol. The van der Waals surface area contributed by atoms with Crippen molar-refractivity contribution in [2.24, 2.45) is 5.92 Å². The molecule has 1 aliphatic heterocycles. The minimum absolute atomic E-state index is 0.0455. The molecule has 3 aromatic carbocycles. The molecular weight excluding hydrogens is 545 g/mol. The van der Waals surface area contributed by atoms with Crippen molar-refractivity contribution < 1.29 is 9.13 Å². The second-order valence-corrected chi connectivity index (χ2v) is 12.1. The molecule has 0 amide bonds. The quantitative estimate of drug-likeness (QED) is 0.171. The van der Waals surface area contributed by atoms with E-state index in [0.29, 0.717) is 12.5 Å². The van der Waals surface area contributed by atoms with Crippen LogP contribution >= 0.6 is 0 Å². The first kappa shape index (κ1) is 32.8. The number of nitrogens with one attached hydrogen (secondary N) is 1. The lowest BCUT2D eigenvalue weighted by Gasteiger charge is -2.34. The number of halogens is 1. The van der Waals surface area contributed by atoms with Crippen LogP contribution in [0.15, 0.2) is 95.7 Å². The number of hydrogen-bond donors (Lipinski definition) is 1. The fourth-order valence-electron chi connectivity index (χ4n) is 5.91. The highest BCUT2D eigenvalue weighted by Gasteiger charge is 2.27. The lowest BCUT2D eigenvalue weighted by molar-refractivity contribution is 0.263. The molecule has 44 heavy (non-hydrogen) atoms. The van der Waals surface area contributed by atoms with Crippen LogP contribution in [0, 0.1) is 18.7 Å². The maximum absolute atomic E-state index is 14.4. The second kappa shape index (κ2) is 14.6. The first-order valence-electron chi connectivity index (χ1n) is 15.8. The van der Waals surface area contributed by atoms with E-state index < -0.39 is 0 Å². The standard InChI is InChI=1S/C36H42FN3O.C3H6/c1-8-23(4)36(35(24(5)22(2)3)25(6)27-10-9-11-31(37)19-27)40-16-17-41-34-15-13-28(18-30(34)21-40)29-12-14-32-33(20-29)39-26(7)38-32;1-3-2/h9-15,18-20,22,25H,8,16-17,21H2,1-7H3,(H,38,39);3H,1H2,2H3/b35-24-,36-23-;. The van der Waals surface area contributed by atoms with E-state index in [1.165, 1.54) is 34.0 Å². The van der Waals surface area contributed by atoms with Crippen molar-refractivity contribution in [2.45, 2.75) is 74.3 Å². The Bertz CT molecular complexity index is 1680. The minimum atomic E-state index is -0.193. The molecule has 4 nitrogen and oxygen atoms in total. The summed E-state index contributed by atoms with van der Waals surface area (Å²) in [6, 6.07) is 20.0. The molecule has 0 bridgehead atoms. The molecule has 1 atom stereocenters. The van der Waals surface area contributed by atoms with Crippen LogP contribution in [-0.4, -0.2) is 28.0 Å². The van der Waals surface area contributed by atoms with Gasteiger partial charge in [0.15, 0.2) is 0 Å². The molecule has 0 saturated carbocycles. The molecule has 1 unspecified atom stereocenters. The number of benzene rings is 3. The molecule has 1 aliphatic rings. The SMILES string of the molecule is C=CC.CC/C(C)=C(/C(=C(/C)C(C)C)C(C)c1cccc(F)c1)N1CCOc2ccc(-c3ccc4nc(C)[nH]c4c3)cc2C1. The molecule has 1 aromatic heterocycles.